The molecule has 0 aromatic heterocycles. The van der Waals surface area contributed by atoms with Gasteiger partial charge in [0.15, 0.2) is 0 Å². The minimum atomic E-state index is -1.22. The summed E-state index contributed by atoms with van der Waals surface area (Å²) in [6, 6.07) is -3.86. The standard InChI is InChI=1S/C10H17N3O6S.C10H16N3O5SSe/c11-5(10(18)19)1-2-7(14)13-6(4-20)9(17)12-3-8(15)16;11-5(10(18)20)1-2-7(14)13-6(4-19)9(17)12-3-8(15)16/h5-6,20H,1-4,11H2,(H,12,17)(H,13,14)(H,15,16)(H,18,19);5-6,19H,1-4,11H2,(H,12,17)(H,13,14)(H,15,16)/t2*5-,6-/m00/s1. The maximum absolute atomic E-state index is 11.6. The number of hydrogen-bond donors (Lipinski definition) is 11. The van der Waals surface area contributed by atoms with E-state index in [2.05, 4.69) is 62.5 Å². The van der Waals surface area contributed by atoms with Crippen LogP contribution in [0, 0.1) is 0 Å². The van der Waals surface area contributed by atoms with Crippen molar-refractivity contribution in [2.75, 3.05) is 24.6 Å². The molecule has 11 N–H and O–H groups in total. The average Bonchev–Trinajstić information content (AvgIpc) is 2.89. The summed E-state index contributed by atoms with van der Waals surface area (Å²) in [5.41, 5.74) is 10.7. The summed E-state index contributed by atoms with van der Waals surface area (Å²) < 4.78 is -0.345. The zero-order chi connectivity index (χ0) is 31.4. The molecule has 0 saturated carbocycles. The van der Waals surface area contributed by atoms with Crippen molar-refractivity contribution < 1.29 is 53.7 Å². The predicted molar refractivity (Wildman–Crippen MR) is 146 cm³/mol. The van der Waals surface area contributed by atoms with Crippen molar-refractivity contribution >= 4 is 87.5 Å². The summed E-state index contributed by atoms with van der Waals surface area (Å²) in [4.78, 5) is 88.0. The van der Waals surface area contributed by atoms with Gasteiger partial charge in [-0.2, -0.15) is 12.6 Å². The number of carboxylic acids is 3. The molecule has 17 nitrogen and oxygen atoms in total. The fourth-order valence-corrected chi connectivity index (χ4v) is 3.07. The van der Waals surface area contributed by atoms with E-state index in [1.165, 1.54) is 0 Å². The molecule has 0 aliphatic carbocycles. The van der Waals surface area contributed by atoms with Gasteiger partial charge < -0.3 is 26.6 Å². The van der Waals surface area contributed by atoms with Gasteiger partial charge in [-0.1, -0.05) is 0 Å². The molecule has 0 aromatic carbocycles. The van der Waals surface area contributed by atoms with Crippen LogP contribution in [0.1, 0.15) is 25.7 Å². The number of rotatable bonds is 18. The molecule has 0 aliphatic heterocycles. The third-order valence-corrected chi connectivity index (χ3v) is 5.85. The van der Waals surface area contributed by atoms with E-state index in [0.29, 0.717) is 0 Å². The van der Waals surface area contributed by atoms with Gasteiger partial charge in [0.1, 0.15) is 18.6 Å². The molecular formula is C20H33N6O11S2Se. The quantitative estimate of drug-likeness (QED) is 0.0481. The van der Waals surface area contributed by atoms with Gasteiger partial charge in [-0.05, 0) is 6.42 Å². The molecule has 0 unspecified atom stereocenters. The molecule has 0 heterocycles. The van der Waals surface area contributed by atoms with Crippen LogP contribution in [-0.2, 0) is 38.4 Å². The molecule has 0 spiro atoms. The first-order valence-corrected chi connectivity index (χ1v) is 13.4. The topological polar surface area (TPSA) is 297 Å². The monoisotopic (exact) mass is 677 g/mol. The number of thiol groups is 2. The van der Waals surface area contributed by atoms with Crippen LogP contribution in [0.4, 0.5) is 0 Å². The molecule has 0 aliphatic rings. The Morgan fingerprint density at radius 3 is 1.30 bits per heavy atom. The van der Waals surface area contributed by atoms with E-state index >= 15 is 0 Å². The molecule has 0 bridgehead atoms. The predicted octanol–water partition coefficient (Wildman–Crippen LogP) is -4.80. The number of nitrogens with one attached hydrogen (secondary N) is 4. The Balaban J connectivity index is 0. The second-order valence-corrected chi connectivity index (χ2v) is 9.35. The Morgan fingerprint density at radius 1 is 0.675 bits per heavy atom. The SMILES string of the molecule is N[C@@H](CCC(=O)N[C@@H](CS)C(=O)NCC(=O)O)C(=O)O.N[C@@H](CCC(=O)N[C@@H](CS)C(=O)NCC(=O)O)C(=O)[Se]. The van der Waals surface area contributed by atoms with Gasteiger partial charge in [0, 0.05) is 12.2 Å². The Labute approximate surface area is 247 Å². The maximum atomic E-state index is 11.6. The Kier molecular flexibility index (Phi) is 21.5. The van der Waals surface area contributed by atoms with Gasteiger partial charge in [-0.3, -0.25) is 19.2 Å². The van der Waals surface area contributed by atoms with Crippen LogP contribution in [0.2, 0.25) is 0 Å². The fraction of sp³-hybridized carbons (Fsp3) is 0.600. The van der Waals surface area contributed by atoms with Crippen molar-refractivity contribution in [2.45, 2.75) is 49.9 Å². The van der Waals surface area contributed by atoms with E-state index in [0.717, 1.165) is 0 Å². The molecule has 0 aromatic rings. The zero-order valence-corrected chi connectivity index (χ0v) is 24.5. The van der Waals surface area contributed by atoms with E-state index < -0.39 is 78.8 Å². The molecule has 20 heteroatoms. The summed E-state index contributed by atoms with van der Waals surface area (Å²) in [7, 11) is 0. The van der Waals surface area contributed by atoms with Crippen LogP contribution < -0.4 is 32.7 Å². The van der Waals surface area contributed by atoms with Crippen LogP contribution in [0.5, 0.6) is 0 Å². The summed E-state index contributed by atoms with van der Waals surface area (Å²) in [5, 5.41) is 34.3. The van der Waals surface area contributed by atoms with Crippen molar-refractivity contribution in [1.82, 2.24) is 21.3 Å². The number of carbonyl (C=O) groups excluding carboxylic acids is 5. The Bertz CT molecular complexity index is 855. The first-order chi connectivity index (χ1) is 18.5. The van der Waals surface area contributed by atoms with Crippen LogP contribution in [-0.4, -0.2) is 126 Å². The van der Waals surface area contributed by atoms with Gasteiger partial charge in [0.25, 0.3) is 0 Å². The Morgan fingerprint density at radius 2 is 1.02 bits per heavy atom. The second-order valence-electron chi connectivity index (χ2n) is 7.78. The van der Waals surface area contributed by atoms with Crippen molar-refractivity contribution in [3.05, 3.63) is 0 Å². The number of nitrogens with two attached hydrogens (primary N) is 2. The third kappa shape index (κ3) is 20.1. The van der Waals surface area contributed by atoms with Crippen LogP contribution in [0.3, 0.4) is 0 Å². The number of carbonyl (C=O) groups is 8. The first-order valence-electron chi connectivity index (χ1n) is 11.3. The summed E-state index contributed by atoms with van der Waals surface area (Å²) >= 11 is 10.0. The van der Waals surface area contributed by atoms with Crippen molar-refractivity contribution in [1.29, 1.82) is 0 Å². The normalized spacial score (nSPS) is 13.1. The third-order valence-electron chi connectivity index (χ3n) is 4.48. The molecule has 4 amide bonds. The van der Waals surface area contributed by atoms with Crippen LogP contribution in [0.15, 0.2) is 0 Å². The second kappa shape index (κ2) is 21.9. The van der Waals surface area contributed by atoms with Crippen molar-refractivity contribution in [3.63, 3.8) is 0 Å². The van der Waals surface area contributed by atoms with E-state index in [1.807, 2.05) is 0 Å². The van der Waals surface area contributed by atoms with Gasteiger partial charge in [-0.15, -0.1) is 0 Å². The summed E-state index contributed by atoms with van der Waals surface area (Å²) in [6.45, 7) is -1.10. The molecule has 0 saturated heterocycles. The molecule has 40 heavy (non-hydrogen) atoms. The fourth-order valence-electron chi connectivity index (χ4n) is 2.31. The van der Waals surface area contributed by atoms with E-state index in [-0.39, 0.29) is 41.9 Å². The molecule has 227 valence electrons. The molecule has 0 fully saturated rings. The molecule has 0 rings (SSSR count). The van der Waals surface area contributed by atoms with Crippen LogP contribution >= 0.6 is 25.3 Å². The molecule has 4 atom stereocenters. The van der Waals surface area contributed by atoms with Crippen molar-refractivity contribution in [2.24, 2.45) is 11.5 Å². The van der Waals surface area contributed by atoms with E-state index in [4.69, 9.17) is 26.8 Å². The van der Waals surface area contributed by atoms with Crippen LogP contribution in [0.25, 0.3) is 0 Å². The molecular weight excluding hydrogens is 643 g/mol. The summed E-state index contributed by atoms with van der Waals surface area (Å²) in [6.07, 6.45) is -0.111. The van der Waals surface area contributed by atoms with Gasteiger partial charge in [0.05, 0.1) is 0 Å². The average molecular weight is 677 g/mol. The number of carboxylic acid groups (broad SMARTS) is 3. The van der Waals surface area contributed by atoms with Crippen molar-refractivity contribution in [3.8, 4) is 0 Å². The zero-order valence-electron chi connectivity index (χ0n) is 21.0. The number of aliphatic carboxylic acids is 3. The first kappa shape index (κ1) is 39.2. The number of hydrogen-bond acceptors (Lipinski definition) is 12. The summed E-state index contributed by atoms with van der Waals surface area (Å²) in [5.74, 6) is -5.98. The molecule has 1 radical (unpaired) electrons. The van der Waals surface area contributed by atoms with Gasteiger partial charge in [-0.25, -0.2) is 0 Å². The number of amides is 4. The van der Waals surface area contributed by atoms with Gasteiger partial charge in [0.2, 0.25) is 11.8 Å². The van der Waals surface area contributed by atoms with E-state index in [1.54, 1.807) is 0 Å². The Hall–Kier alpha value is -2.90. The minimum absolute atomic E-state index is 0.0176. The van der Waals surface area contributed by atoms with Gasteiger partial charge >= 0.3 is 141 Å². The van der Waals surface area contributed by atoms with E-state index in [9.17, 15) is 38.4 Å².